The average Bonchev–Trinajstić information content (AvgIpc) is 3.57. The van der Waals surface area contributed by atoms with Crippen LogP contribution in [0.5, 0.6) is 0 Å². The van der Waals surface area contributed by atoms with E-state index in [0.717, 1.165) is 67.5 Å². The van der Waals surface area contributed by atoms with Crippen molar-refractivity contribution in [2.75, 3.05) is 0 Å². The summed E-state index contributed by atoms with van der Waals surface area (Å²) in [6.07, 6.45) is 47.6. The Balaban J connectivity index is 0.000000432. The number of hydrogen-bond donors (Lipinski definition) is 0. The number of benzene rings is 2. The number of unbranched alkanes of at least 4 members (excludes halogenated alkanes) is 25. The molecule has 1 aliphatic rings. The molecular weight excluding hydrogens is 795 g/mol. The third-order valence-corrected chi connectivity index (χ3v) is 14.2. The first-order chi connectivity index (χ1) is 30.6. The monoisotopic (exact) mass is 895 g/mol. The van der Waals surface area contributed by atoms with E-state index < -0.39 is 0 Å². The van der Waals surface area contributed by atoms with E-state index in [4.69, 9.17) is 0 Å². The molecule has 3 rings (SSSR count). The number of aryl methyl sites for hydroxylation is 2. The van der Waals surface area contributed by atoms with Crippen molar-refractivity contribution in [3.8, 4) is 0 Å². The third-order valence-electron chi connectivity index (χ3n) is 12.8. The summed E-state index contributed by atoms with van der Waals surface area (Å²) in [4.78, 5) is 0. The van der Waals surface area contributed by atoms with E-state index in [1.807, 2.05) is 14.4 Å². The zero-order chi connectivity index (χ0) is 44.7. The number of allylic oxidation sites excluding steroid dienone is 2. The van der Waals surface area contributed by atoms with Crippen LogP contribution in [0.15, 0.2) is 59.7 Å². The van der Waals surface area contributed by atoms with Crippen molar-refractivity contribution < 1.29 is 19.1 Å². The molecule has 356 valence electrons. The average molecular weight is 896 g/mol. The Morgan fingerprint density at radius 1 is 0.355 bits per heavy atom. The Labute approximate surface area is 393 Å². The molecule has 1 aliphatic heterocycles. The second kappa shape index (κ2) is 39.4. The van der Waals surface area contributed by atoms with E-state index in [9.17, 15) is 5.53 Å². The van der Waals surface area contributed by atoms with Crippen molar-refractivity contribution in [1.82, 2.24) is 0 Å². The van der Waals surface area contributed by atoms with E-state index in [2.05, 4.69) is 90.1 Å². The van der Waals surface area contributed by atoms with Crippen LogP contribution in [-0.2, 0) is 27.3 Å². The normalized spacial score (nSPS) is 12.8. The fraction of sp³-hybridized carbons (Fsp3) is 0.729. The number of rotatable bonds is 39. The van der Waals surface area contributed by atoms with Gasteiger partial charge in [0.25, 0.3) is 0 Å². The van der Waals surface area contributed by atoms with E-state index in [-0.39, 0.29) is 0 Å². The molecule has 0 atom stereocenters. The van der Waals surface area contributed by atoms with Crippen LogP contribution in [0.3, 0.4) is 0 Å². The van der Waals surface area contributed by atoms with Gasteiger partial charge in [-0.05, 0) is 80.3 Å². The van der Waals surface area contributed by atoms with Gasteiger partial charge in [-0.15, -0.1) is 0 Å². The smallest absolute Gasteiger partial charge is 0.0654 e. The van der Waals surface area contributed by atoms with Crippen LogP contribution in [0.25, 0.3) is 16.9 Å². The van der Waals surface area contributed by atoms with Gasteiger partial charge in [0.05, 0.1) is 0 Å². The van der Waals surface area contributed by atoms with Crippen LogP contribution in [0.1, 0.15) is 276 Å². The Hall–Kier alpha value is -1.99. The van der Waals surface area contributed by atoms with Crippen molar-refractivity contribution in [2.45, 2.75) is 277 Å². The molecule has 0 bridgehead atoms. The van der Waals surface area contributed by atoms with Crippen LogP contribution < -0.4 is 0 Å². The minimum Gasteiger partial charge on any atom is -0.0654 e. The molecule has 0 unspecified atom stereocenters. The van der Waals surface area contributed by atoms with Crippen molar-refractivity contribution in [3.05, 3.63) is 87.5 Å². The maximum absolute atomic E-state index is 11.7. The SMILES string of the molecule is CCCCC1=C(c2cccc(CCCC)c2)[N+](=[N-])C(c2cccc(CCCC)c2)=C1CCC.CCCCCCCCCCCCC[CH2][Ni][CH2]CCCCCCCCCCCCC. The summed E-state index contributed by atoms with van der Waals surface area (Å²) in [7, 11) is 0. The molecule has 0 radical (unpaired) electrons. The summed E-state index contributed by atoms with van der Waals surface area (Å²) >= 11 is 2.04. The van der Waals surface area contributed by atoms with Gasteiger partial charge in [0.15, 0.2) is 0 Å². The molecule has 0 fully saturated rings. The molecule has 0 amide bonds. The molecule has 0 saturated heterocycles. The van der Waals surface area contributed by atoms with Crippen LogP contribution >= 0.6 is 0 Å². The third kappa shape index (κ3) is 24.9. The van der Waals surface area contributed by atoms with Crippen LogP contribution in [0.2, 0.25) is 10.8 Å². The summed E-state index contributed by atoms with van der Waals surface area (Å²) in [6.45, 7) is 13.6. The summed E-state index contributed by atoms with van der Waals surface area (Å²) < 4.78 is 1.52. The molecule has 1 heterocycles. The molecule has 2 nitrogen and oxygen atoms in total. The summed E-state index contributed by atoms with van der Waals surface area (Å²) in [5, 5.41) is 2.87. The molecular formula is C59H100N2Ni. The summed E-state index contributed by atoms with van der Waals surface area (Å²) in [5.74, 6) is 0. The first kappa shape index (κ1) is 56.1. The van der Waals surface area contributed by atoms with Gasteiger partial charge in [-0.3, -0.25) is 0 Å². The van der Waals surface area contributed by atoms with Gasteiger partial charge in [0, 0.05) is 22.3 Å². The molecule has 3 heteroatoms. The molecule has 0 saturated carbocycles. The molecule has 2 aromatic carbocycles. The fourth-order valence-electron chi connectivity index (χ4n) is 8.98. The van der Waals surface area contributed by atoms with Gasteiger partial charge in [0.1, 0.15) is 0 Å². The Bertz CT molecular complexity index is 1430. The second-order valence-corrected chi connectivity index (χ2v) is 20.2. The summed E-state index contributed by atoms with van der Waals surface area (Å²) in [5.41, 5.74) is 21.3. The standard InChI is InChI=1S/C31H42N2.2C14H29.Ni/c1-5-9-15-24-17-12-19-26(22-24)30-28(14-8-4)29(21-11-7-3)31(33(30)32)27-20-13-18-25(23-27)16-10-6-2;2*1-3-5-7-9-11-13-14-12-10-8-6-4-2;/h12-13,17-20,22-23H,5-11,14-16,21H2,1-4H3;2*1,3-14H2,2H3;. The molecule has 2 aromatic rings. The summed E-state index contributed by atoms with van der Waals surface area (Å²) in [6, 6.07) is 17.7. The maximum atomic E-state index is 11.7. The Morgan fingerprint density at radius 2 is 0.677 bits per heavy atom. The molecule has 0 aromatic heterocycles. The van der Waals surface area contributed by atoms with Crippen molar-refractivity contribution >= 4 is 11.4 Å². The van der Waals surface area contributed by atoms with E-state index >= 15 is 0 Å². The first-order valence-electron chi connectivity index (χ1n) is 27.1. The van der Waals surface area contributed by atoms with Crippen LogP contribution in [-0.4, -0.2) is 4.70 Å². The van der Waals surface area contributed by atoms with Gasteiger partial charge in [-0.2, -0.15) is 0 Å². The quantitative estimate of drug-likeness (QED) is 0.0363. The van der Waals surface area contributed by atoms with Crippen LogP contribution in [0.4, 0.5) is 0 Å². The number of nitrogens with zero attached hydrogens (tertiary/aromatic N) is 2. The van der Waals surface area contributed by atoms with Crippen molar-refractivity contribution in [1.29, 1.82) is 0 Å². The zero-order valence-corrected chi connectivity index (χ0v) is 43.0. The molecule has 0 N–H and O–H groups in total. The van der Waals surface area contributed by atoms with E-state index in [1.165, 1.54) is 218 Å². The van der Waals surface area contributed by atoms with Gasteiger partial charge in [-0.1, -0.05) is 104 Å². The van der Waals surface area contributed by atoms with Crippen molar-refractivity contribution in [3.63, 3.8) is 0 Å². The molecule has 0 spiro atoms. The predicted molar refractivity (Wildman–Crippen MR) is 274 cm³/mol. The first-order valence-corrected chi connectivity index (χ1v) is 28.5. The van der Waals surface area contributed by atoms with Crippen LogP contribution in [0, 0.1) is 0 Å². The van der Waals surface area contributed by atoms with E-state index in [1.54, 1.807) is 0 Å². The number of hydrogen-bond acceptors (Lipinski definition) is 0. The van der Waals surface area contributed by atoms with Gasteiger partial charge >= 0.3 is 166 Å². The second-order valence-electron chi connectivity index (χ2n) is 18.7. The minimum absolute atomic E-state index is 0.990. The topological polar surface area (TPSA) is 25.3 Å². The van der Waals surface area contributed by atoms with Gasteiger partial charge < -0.3 is 5.53 Å². The zero-order valence-electron chi connectivity index (χ0n) is 42.0. The van der Waals surface area contributed by atoms with Gasteiger partial charge in [-0.25, -0.2) is 4.70 Å². The van der Waals surface area contributed by atoms with Crippen molar-refractivity contribution in [2.24, 2.45) is 0 Å². The molecule has 62 heavy (non-hydrogen) atoms. The Morgan fingerprint density at radius 3 is 1.03 bits per heavy atom. The Kier molecular flexibility index (Phi) is 35.7. The molecule has 0 aliphatic carbocycles. The predicted octanol–water partition coefficient (Wildman–Crippen LogP) is 20.8. The van der Waals surface area contributed by atoms with Gasteiger partial charge in [0.2, 0.25) is 11.4 Å². The fourth-order valence-corrected chi connectivity index (χ4v) is 10.2. The minimum atomic E-state index is 0.990. The van der Waals surface area contributed by atoms with E-state index in [0.29, 0.717) is 0 Å².